The molecule has 0 radical (unpaired) electrons. The Hall–Kier alpha value is 1.99. The summed E-state index contributed by atoms with van der Waals surface area (Å²) in [5, 5.41) is 0.628. The van der Waals surface area contributed by atoms with Crippen LogP contribution in [0, 0.1) is 0 Å². The Bertz CT molecular complexity index is 156. The van der Waals surface area contributed by atoms with Crippen LogP contribution in [0.2, 0.25) is 0 Å². The van der Waals surface area contributed by atoms with Crippen molar-refractivity contribution >= 4 is 26.3 Å². The van der Waals surface area contributed by atoms with Crippen LogP contribution in [0.3, 0.4) is 0 Å². The standard InChI is InChI=1S/C3H7BrO4S.K/c4-2-1-3-8-9(5,6)7;/h1-3H2,(H,5,6,7);/q;+1/p-1. The molecular weight excluding hydrogens is 251 g/mol. The van der Waals surface area contributed by atoms with Crippen LogP contribution in [-0.4, -0.2) is 24.9 Å². The van der Waals surface area contributed by atoms with Crippen molar-refractivity contribution in [3.8, 4) is 0 Å². The molecule has 0 saturated carbocycles. The third kappa shape index (κ3) is 12.6. The van der Waals surface area contributed by atoms with E-state index in [9.17, 15) is 13.0 Å². The summed E-state index contributed by atoms with van der Waals surface area (Å²) in [5.74, 6) is 0. The summed E-state index contributed by atoms with van der Waals surface area (Å²) < 4.78 is 33.0. The van der Waals surface area contributed by atoms with Gasteiger partial charge in [-0.15, -0.1) is 0 Å². The summed E-state index contributed by atoms with van der Waals surface area (Å²) in [6, 6.07) is 0. The summed E-state index contributed by atoms with van der Waals surface area (Å²) >= 11 is 3.04. The van der Waals surface area contributed by atoms with Crippen molar-refractivity contribution in [1.29, 1.82) is 0 Å². The number of hydrogen-bond acceptors (Lipinski definition) is 4. The summed E-state index contributed by atoms with van der Waals surface area (Å²) in [7, 11) is -4.47. The molecule has 7 heteroatoms. The normalized spacial score (nSPS) is 10.6. The SMILES string of the molecule is O=S(=O)([O-])OCCCBr.[K+]. The Morgan fingerprint density at radius 2 is 2.00 bits per heavy atom. The average Bonchev–Trinajstić information content (AvgIpc) is 1.63. The van der Waals surface area contributed by atoms with Crippen LogP contribution in [0.4, 0.5) is 0 Å². The summed E-state index contributed by atoms with van der Waals surface area (Å²) in [6.07, 6.45) is 0.515. The van der Waals surface area contributed by atoms with Crippen LogP contribution in [0.25, 0.3) is 0 Å². The number of hydrogen-bond donors (Lipinski definition) is 0. The Kier molecular flexibility index (Phi) is 11.1. The molecule has 0 aliphatic rings. The largest absolute Gasteiger partial charge is 1.00 e. The molecule has 0 aromatic heterocycles. The predicted molar refractivity (Wildman–Crippen MR) is 34.1 cm³/mol. The van der Waals surface area contributed by atoms with Crippen LogP contribution >= 0.6 is 15.9 Å². The minimum atomic E-state index is -4.47. The quantitative estimate of drug-likeness (QED) is 0.180. The molecule has 0 rings (SSSR count). The fraction of sp³-hybridized carbons (Fsp3) is 1.00. The second kappa shape index (κ2) is 7.63. The third-order valence-electron chi connectivity index (χ3n) is 0.506. The van der Waals surface area contributed by atoms with Crippen molar-refractivity contribution in [2.75, 3.05) is 11.9 Å². The van der Waals surface area contributed by atoms with E-state index in [1.165, 1.54) is 0 Å². The molecule has 0 aliphatic heterocycles. The molecule has 10 heavy (non-hydrogen) atoms. The first kappa shape index (κ1) is 14.5. The Labute approximate surface area is 111 Å². The van der Waals surface area contributed by atoms with Crippen LogP contribution < -0.4 is 51.4 Å². The predicted octanol–water partition coefficient (Wildman–Crippen LogP) is -2.75. The van der Waals surface area contributed by atoms with Gasteiger partial charge in [-0.2, -0.15) is 0 Å². The minimum absolute atomic E-state index is 0. The molecular formula is C3H6BrKO4S. The summed E-state index contributed by atoms with van der Waals surface area (Å²) in [5.41, 5.74) is 0. The molecule has 4 nitrogen and oxygen atoms in total. The molecule has 0 spiro atoms. The second-order valence-electron chi connectivity index (χ2n) is 1.27. The van der Waals surface area contributed by atoms with E-state index in [-0.39, 0.29) is 58.0 Å². The molecule has 0 aromatic rings. The molecule has 56 valence electrons. The molecule has 0 aliphatic carbocycles. The van der Waals surface area contributed by atoms with Crippen molar-refractivity contribution in [3.63, 3.8) is 0 Å². The topological polar surface area (TPSA) is 66.4 Å². The molecule has 0 heterocycles. The molecule has 0 saturated heterocycles. The van der Waals surface area contributed by atoms with E-state index >= 15 is 0 Å². The minimum Gasteiger partial charge on any atom is -0.726 e. The van der Waals surface area contributed by atoms with Gasteiger partial charge in [0, 0.05) is 5.33 Å². The van der Waals surface area contributed by atoms with Gasteiger partial charge in [-0.1, -0.05) is 15.9 Å². The average molecular weight is 257 g/mol. The molecule has 0 unspecified atom stereocenters. The van der Waals surface area contributed by atoms with E-state index < -0.39 is 10.4 Å². The van der Waals surface area contributed by atoms with Gasteiger partial charge in [0.25, 0.3) is 0 Å². The summed E-state index contributed by atoms with van der Waals surface area (Å²) in [6.45, 7) is -0.0446. The van der Waals surface area contributed by atoms with Gasteiger partial charge in [0.1, 0.15) is 0 Å². The van der Waals surface area contributed by atoms with Crippen LogP contribution in [0.1, 0.15) is 6.42 Å². The maximum absolute atomic E-state index is 9.71. The van der Waals surface area contributed by atoms with Gasteiger partial charge in [-0.05, 0) is 6.42 Å². The van der Waals surface area contributed by atoms with Gasteiger partial charge in [0.2, 0.25) is 10.4 Å². The molecule has 0 atom stereocenters. The van der Waals surface area contributed by atoms with Gasteiger partial charge in [0.05, 0.1) is 6.61 Å². The molecule has 0 bridgehead atoms. The maximum Gasteiger partial charge on any atom is 1.00 e. The van der Waals surface area contributed by atoms with E-state index in [1.54, 1.807) is 0 Å². The first-order valence-electron chi connectivity index (χ1n) is 2.22. The van der Waals surface area contributed by atoms with E-state index in [2.05, 4.69) is 20.1 Å². The van der Waals surface area contributed by atoms with Gasteiger partial charge >= 0.3 is 51.4 Å². The van der Waals surface area contributed by atoms with Crippen LogP contribution in [0.5, 0.6) is 0 Å². The molecule has 0 amide bonds. The van der Waals surface area contributed by atoms with Crippen LogP contribution in [-0.2, 0) is 14.6 Å². The van der Waals surface area contributed by atoms with Gasteiger partial charge in [-0.3, -0.25) is 4.18 Å². The van der Waals surface area contributed by atoms with Crippen molar-refractivity contribution in [3.05, 3.63) is 0 Å². The van der Waals surface area contributed by atoms with Gasteiger partial charge in [-0.25, -0.2) is 8.42 Å². The van der Waals surface area contributed by atoms with Crippen molar-refractivity contribution in [1.82, 2.24) is 0 Å². The van der Waals surface area contributed by atoms with E-state index in [0.717, 1.165) is 0 Å². The molecule has 0 aromatic carbocycles. The zero-order valence-electron chi connectivity index (χ0n) is 5.54. The van der Waals surface area contributed by atoms with E-state index in [0.29, 0.717) is 11.8 Å². The fourth-order valence-corrected chi connectivity index (χ4v) is 0.766. The maximum atomic E-state index is 9.71. The number of halogens is 1. The van der Waals surface area contributed by atoms with Crippen molar-refractivity contribution in [2.45, 2.75) is 6.42 Å². The van der Waals surface area contributed by atoms with Crippen molar-refractivity contribution < 1.29 is 68.5 Å². The summed E-state index contributed by atoms with van der Waals surface area (Å²) in [4.78, 5) is 0. The van der Waals surface area contributed by atoms with Gasteiger partial charge in [0.15, 0.2) is 0 Å². The van der Waals surface area contributed by atoms with E-state index in [4.69, 9.17) is 0 Å². The first-order valence-corrected chi connectivity index (χ1v) is 4.68. The Morgan fingerprint density at radius 3 is 2.30 bits per heavy atom. The fourth-order valence-electron chi connectivity index (χ4n) is 0.216. The second-order valence-corrected chi connectivity index (χ2v) is 3.12. The molecule has 0 fully saturated rings. The molecule has 0 N–H and O–H groups in total. The van der Waals surface area contributed by atoms with Crippen LogP contribution in [0.15, 0.2) is 0 Å². The Balaban J connectivity index is 0. The third-order valence-corrected chi connectivity index (χ3v) is 1.52. The smallest absolute Gasteiger partial charge is 0.726 e. The zero-order chi connectivity index (χ0) is 7.33. The first-order chi connectivity index (χ1) is 4.06. The number of alkyl halides is 1. The monoisotopic (exact) mass is 256 g/mol. The number of rotatable bonds is 4. The zero-order valence-corrected chi connectivity index (χ0v) is 11.1. The van der Waals surface area contributed by atoms with Gasteiger partial charge < -0.3 is 4.55 Å². The Morgan fingerprint density at radius 1 is 1.50 bits per heavy atom. The van der Waals surface area contributed by atoms with Crippen molar-refractivity contribution in [2.24, 2.45) is 0 Å². The van der Waals surface area contributed by atoms with E-state index in [1.807, 2.05) is 0 Å².